The van der Waals surface area contributed by atoms with Gasteiger partial charge in [0.2, 0.25) is 0 Å². The fourth-order valence-electron chi connectivity index (χ4n) is 0.281. The number of hydrogen-bond donors (Lipinski definition) is 0. The average molecular weight is 162 g/mol. The van der Waals surface area contributed by atoms with Crippen molar-refractivity contribution < 1.29 is 4.52 Å². The van der Waals surface area contributed by atoms with Crippen LogP contribution in [0, 0.1) is 6.92 Å². The minimum absolute atomic E-state index is 0.889. The van der Waals surface area contributed by atoms with Gasteiger partial charge in [0, 0.05) is 0 Å². The summed E-state index contributed by atoms with van der Waals surface area (Å²) in [4.78, 5) is 0. The molecule has 0 fully saturated rings. The van der Waals surface area contributed by atoms with E-state index in [0.29, 0.717) is 0 Å². The van der Waals surface area contributed by atoms with Gasteiger partial charge in [-0.15, -0.1) is 0 Å². The van der Waals surface area contributed by atoms with Crippen LogP contribution < -0.4 is 0 Å². The zero-order chi connectivity index (χ0) is 5.28. The van der Waals surface area contributed by atoms with E-state index < -0.39 is 0 Å². The molecule has 7 heavy (non-hydrogen) atoms. The van der Waals surface area contributed by atoms with Crippen molar-refractivity contribution in [3.8, 4) is 0 Å². The van der Waals surface area contributed by atoms with Gasteiger partial charge in [0.1, 0.15) is 6.26 Å². The number of aryl methyl sites for hydroxylation is 1. The Morgan fingerprint density at radius 2 is 2.57 bits per heavy atom. The largest absolute Gasteiger partial charge is 0.363 e. The highest BCUT2D eigenvalue weighted by Crippen LogP contribution is 2.11. The number of nitrogens with zero attached hydrogens (tertiary/aromatic N) is 1. The van der Waals surface area contributed by atoms with Crippen LogP contribution in [-0.4, -0.2) is 5.16 Å². The molecule has 1 heterocycles. The van der Waals surface area contributed by atoms with Gasteiger partial charge >= 0.3 is 0 Å². The Morgan fingerprint density at radius 3 is 2.71 bits per heavy atom. The van der Waals surface area contributed by atoms with E-state index in [-0.39, 0.29) is 0 Å². The number of rotatable bonds is 0. The molecule has 0 saturated heterocycles. The van der Waals surface area contributed by atoms with E-state index in [1.807, 2.05) is 6.92 Å². The zero-order valence-electron chi connectivity index (χ0n) is 3.81. The Morgan fingerprint density at radius 1 is 1.86 bits per heavy atom. The van der Waals surface area contributed by atoms with Gasteiger partial charge in [0.05, 0.1) is 10.2 Å². The molecular formula is C4H4BrNO. The molecule has 0 aromatic carbocycles. The van der Waals surface area contributed by atoms with Crippen molar-refractivity contribution in [2.45, 2.75) is 6.92 Å². The van der Waals surface area contributed by atoms with E-state index in [4.69, 9.17) is 0 Å². The van der Waals surface area contributed by atoms with Crippen molar-refractivity contribution in [2.75, 3.05) is 0 Å². The van der Waals surface area contributed by atoms with Crippen LogP contribution in [-0.2, 0) is 0 Å². The van der Waals surface area contributed by atoms with Crippen LogP contribution in [0.2, 0.25) is 0 Å². The van der Waals surface area contributed by atoms with Crippen molar-refractivity contribution in [2.24, 2.45) is 0 Å². The van der Waals surface area contributed by atoms with Crippen molar-refractivity contribution in [1.29, 1.82) is 0 Å². The summed E-state index contributed by atoms with van der Waals surface area (Å²) in [5, 5.41) is 3.59. The molecular weight excluding hydrogens is 158 g/mol. The lowest BCUT2D eigenvalue weighted by Crippen LogP contribution is -1.64. The van der Waals surface area contributed by atoms with Crippen molar-refractivity contribution in [1.82, 2.24) is 5.16 Å². The summed E-state index contributed by atoms with van der Waals surface area (Å²) in [7, 11) is 0. The molecule has 38 valence electrons. The molecule has 0 spiro atoms. The third-order valence-electron chi connectivity index (χ3n) is 0.691. The molecule has 0 aliphatic heterocycles. The maximum Gasteiger partial charge on any atom is 0.138 e. The lowest BCUT2D eigenvalue weighted by Gasteiger charge is -1.71. The molecule has 1 rings (SSSR count). The summed E-state index contributed by atoms with van der Waals surface area (Å²) in [6, 6.07) is 0. The quantitative estimate of drug-likeness (QED) is 0.580. The molecule has 0 bridgehead atoms. The Balaban J connectivity index is 3.12. The molecule has 0 radical (unpaired) electrons. The van der Waals surface area contributed by atoms with E-state index in [9.17, 15) is 0 Å². The van der Waals surface area contributed by atoms with Gasteiger partial charge in [-0.25, -0.2) is 0 Å². The molecule has 2 nitrogen and oxygen atoms in total. The molecule has 1 aromatic rings. The van der Waals surface area contributed by atoms with E-state index in [0.717, 1.165) is 10.2 Å². The van der Waals surface area contributed by atoms with Crippen LogP contribution in [0.15, 0.2) is 15.3 Å². The summed E-state index contributed by atoms with van der Waals surface area (Å²) in [5.41, 5.74) is 0.889. The highest BCUT2D eigenvalue weighted by molar-refractivity contribution is 9.10. The molecule has 0 amide bonds. The van der Waals surface area contributed by atoms with Gasteiger partial charge in [-0.2, -0.15) is 0 Å². The van der Waals surface area contributed by atoms with E-state index in [1.165, 1.54) is 0 Å². The maximum atomic E-state index is 4.55. The Hall–Kier alpha value is -0.310. The number of halogens is 1. The fraction of sp³-hybridized carbons (Fsp3) is 0.250. The Labute approximate surface area is 49.6 Å². The minimum atomic E-state index is 0.889. The van der Waals surface area contributed by atoms with Crippen molar-refractivity contribution in [3.63, 3.8) is 0 Å². The Kier molecular flexibility index (Phi) is 1.15. The predicted octanol–water partition coefficient (Wildman–Crippen LogP) is 1.75. The SMILES string of the molecule is Cc1nocc1Br. The van der Waals surface area contributed by atoms with Crippen molar-refractivity contribution in [3.05, 3.63) is 16.4 Å². The average Bonchev–Trinajstić information content (AvgIpc) is 1.91. The fourth-order valence-corrected chi connectivity index (χ4v) is 0.437. The maximum absolute atomic E-state index is 4.55. The van der Waals surface area contributed by atoms with Gasteiger partial charge in [0.25, 0.3) is 0 Å². The standard InChI is InChI=1S/C4H4BrNO/c1-3-4(5)2-7-6-3/h2H,1H3. The molecule has 0 saturated carbocycles. The molecule has 3 heteroatoms. The second kappa shape index (κ2) is 1.66. The Bertz CT molecular complexity index is 144. The predicted molar refractivity (Wildman–Crippen MR) is 28.9 cm³/mol. The van der Waals surface area contributed by atoms with Crippen molar-refractivity contribution >= 4 is 15.9 Å². The first kappa shape index (κ1) is 4.84. The second-order valence-corrected chi connectivity index (χ2v) is 2.10. The second-order valence-electron chi connectivity index (χ2n) is 1.25. The first-order valence-electron chi connectivity index (χ1n) is 1.87. The van der Waals surface area contributed by atoms with Crippen LogP contribution in [0.1, 0.15) is 5.69 Å². The van der Waals surface area contributed by atoms with Gasteiger partial charge in [0.15, 0.2) is 0 Å². The van der Waals surface area contributed by atoms with Crippen LogP contribution >= 0.6 is 15.9 Å². The first-order chi connectivity index (χ1) is 3.30. The zero-order valence-corrected chi connectivity index (χ0v) is 5.40. The van der Waals surface area contributed by atoms with Gasteiger partial charge < -0.3 is 4.52 Å². The highest BCUT2D eigenvalue weighted by atomic mass is 79.9. The van der Waals surface area contributed by atoms with E-state index in [2.05, 4.69) is 25.6 Å². The van der Waals surface area contributed by atoms with Gasteiger partial charge in [-0.05, 0) is 22.9 Å². The van der Waals surface area contributed by atoms with E-state index in [1.54, 1.807) is 6.26 Å². The van der Waals surface area contributed by atoms with Gasteiger partial charge in [-0.1, -0.05) is 5.16 Å². The van der Waals surface area contributed by atoms with E-state index >= 15 is 0 Å². The number of hydrogen-bond acceptors (Lipinski definition) is 2. The smallest absolute Gasteiger partial charge is 0.138 e. The third-order valence-corrected chi connectivity index (χ3v) is 1.45. The van der Waals surface area contributed by atoms with Crippen LogP contribution in [0.4, 0.5) is 0 Å². The topological polar surface area (TPSA) is 26.0 Å². The monoisotopic (exact) mass is 161 g/mol. The lowest BCUT2D eigenvalue weighted by atomic mass is 10.5. The normalized spacial score (nSPS) is 9.43. The summed E-state index contributed by atoms with van der Waals surface area (Å²) in [5.74, 6) is 0. The summed E-state index contributed by atoms with van der Waals surface area (Å²) in [6.45, 7) is 1.87. The summed E-state index contributed by atoms with van der Waals surface area (Å²) < 4.78 is 5.47. The minimum Gasteiger partial charge on any atom is -0.363 e. The first-order valence-corrected chi connectivity index (χ1v) is 2.66. The summed E-state index contributed by atoms with van der Waals surface area (Å²) >= 11 is 3.21. The van der Waals surface area contributed by atoms with Crippen LogP contribution in [0.5, 0.6) is 0 Å². The number of aromatic nitrogens is 1. The lowest BCUT2D eigenvalue weighted by molar-refractivity contribution is 0.414. The van der Waals surface area contributed by atoms with Crippen LogP contribution in [0.3, 0.4) is 0 Å². The molecule has 0 aliphatic rings. The van der Waals surface area contributed by atoms with Crippen LogP contribution in [0.25, 0.3) is 0 Å². The van der Waals surface area contributed by atoms with Gasteiger partial charge in [-0.3, -0.25) is 0 Å². The molecule has 0 atom stereocenters. The molecule has 0 N–H and O–H groups in total. The molecule has 0 aliphatic carbocycles. The third kappa shape index (κ3) is 0.825. The highest BCUT2D eigenvalue weighted by Gasteiger charge is 1.93. The summed E-state index contributed by atoms with van der Waals surface area (Å²) in [6.07, 6.45) is 1.55. The molecule has 0 unspecified atom stereocenters. The molecule has 1 aromatic heterocycles.